The minimum absolute atomic E-state index is 0.330. The third-order valence-electron chi connectivity index (χ3n) is 7.32. The Hall–Kier alpha value is -4.48. The van der Waals surface area contributed by atoms with E-state index in [0.717, 1.165) is 62.9 Å². The number of rotatable bonds is 5. The fraction of sp³-hybridized carbons (Fsp3) is 0.226. The molecule has 2 atom stereocenters. The summed E-state index contributed by atoms with van der Waals surface area (Å²) >= 11 is 1.69. The normalized spacial score (nSPS) is 17.3. The van der Waals surface area contributed by atoms with Gasteiger partial charge in [-0.2, -0.15) is 5.26 Å². The minimum atomic E-state index is 0.330. The van der Waals surface area contributed by atoms with Crippen LogP contribution in [-0.4, -0.2) is 47.2 Å². The largest absolute Gasteiger partial charge is 0.495 e. The molecular weight excluding hydrogens is 504 g/mol. The highest BCUT2D eigenvalue weighted by Crippen LogP contribution is 2.39. The summed E-state index contributed by atoms with van der Waals surface area (Å²) in [5, 5.41) is 13.2. The summed E-state index contributed by atoms with van der Waals surface area (Å²) < 4.78 is 5.93. The van der Waals surface area contributed by atoms with Crippen LogP contribution >= 0.6 is 11.3 Å². The van der Waals surface area contributed by atoms with Gasteiger partial charge in [0.2, 0.25) is 0 Å². The summed E-state index contributed by atoms with van der Waals surface area (Å²) in [6, 6.07) is 20.7. The molecule has 0 spiro atoms. The number of benzene rings is 2. The number of nitriles is 1. The molecule has 0 aliphatic carbocycles. The second-order valence-electron chi connectivity index (χ2n) is 9.83. The maximum atomic E-state index is 9.15. The predicted molar refractivity (Wildman–Crippen MR) is 157 cm³/mol. The quantitative estimate of drug-likeness (QED) is 0.259. The number of para-hydroxylation sites is 1. The first-order valence-electron chi connectivity index (χ1n) is 12.9. The SMILES string of the molecule is COc1c(-c2ccc(N3CC(C)N(c4nccs4)C(C)C3)nc2)cnc2c(-c3ccc(C#N)cc3)cccc12. The molecular formula is C31H28N6OS. The van der Waals surface area contributed by atoms with Crippen molar-refractivity contribution in [3.63, 3.8) is 0 Å². The molecule has 0 bridgehead atoms. The molecule has 0 radical (unpaired) electrons. The Balaban J connectivity index is 1.29. The van der Waals surface area contributed by atoms with Gasteiger partial charge in [0.25, 0.3) is 0 Å². The number of ether oxygens (including phenoxy) is 1. The number of hydrogen-bond acceptors (Lipinski definition) is 8. The Labute approximate surface area is 232 Å². The van der Waals surface area contributed by atoms with E-state index in [9.17, 15) is 0 Å². The van der Waals surface area contributed by atoms with Gasteiger partial charge in [0.15, 0.2) is 5.13 Å². The van der Waals surface area contributed by atoms with Crippen LogP contribution in [0.1, 0.15) is 19.4 Å². The lowest BCUT2D eigenvalue weighted by atomic mass is 9.98. The number of hydrogen-bond donors (Lipinski definition) is 0. The van der Waals surface area contributed by atoms with Crippen LogP contribution in [-0.2, 0) is 0 Å². The molecule has 7 nitrogen and oxygen atoms in total. The monoisotopic (exact) mass is 532 g/mol. The Bertz CT molecular complexity index is 1630. The molecule has 1 aliphatic heterocycles. The number of nitrogens with zero attached hydrogens (tertiary/aromatic N) is 6. The average Bonchev–Trinajstić information content (AvgIpc) is 3.50. The van der Waals surface area contributed by atoms with E-state index >= 15 is 0 Å². The topological polar surface area (TPSA) is 78.2 Å². The van der Waals surface area contributed by atoms with Crippen molar-refractivity contribution in [1.29, 1.82) is 5.26 Å². The molecule has 2 aromatic carbocycles. The highest BCUT2D eigenvalue weighted by Gasteiger charge is 2.31. The molecule has 6 rings (SSSR count). The van der Waals surface area contributed by atoms with Crippen LogP contribution in [0.3, 0.4) is 0 Å². The molecule has 8 heteroatoms. The Morgan fingerprint density at radius 1 is 0.897 bits per heavy atom. The highest BCUT2D eigenvalue weighted by molar-refractivity contribution is 7.13. The van der Waals surface area contributed by atoms with E-state index in [0.29, 0.717) is 17.6 Å². The van der Waals surface area contributed by atoms with E-state index in [2.05, 4.69) is 46.8 Å². The predicted octanol–water partition coefficient (Wildman–Crippen LogP) is 6.40. The van der Waals surface area contributed by atoms with Crippen LogP contribution < -0.4 is 14.5 Å². The molecule has 3 aromatic heterocycles. The first-order chi connectivity index (χ1) is 19.1. The van der Waals surface area contributed by atoms with E-state index in [1.54, 1.807) is 18.4 Å². The van der Waals surface area contributed by atoms with Crippen LogP contribution in [0.2, 0.25) is 0 Å². The lowest BCUT2D eigenvalue weighted by molar-refractivity contribution is 0.421. The highest BCUT2D eigenvalue weighted by atomic mass is 32.1. The zero-order valence-electron chi connectivity index (χ0n) is 22.1. The molecule has 194 valence electrons. The number of methoxy groups -OCH3 is 1. The summed E-state index contributed by atoms with van der Waals surface area (Å²) in [5.41, 5.74) is 5.34. The van der Waals surface area contributed by atoms with Crippen molar-refractivity contribution in [2.75, 3.05) is 30.0 Å². The van der Waals surface area contributed by atoms with Crippen LogP contribution in [0.5, 0.6) is 5.75 Å². The summed E-state index contributed by atoms with van der Waals surface area (Å²) in [6.45, 7) is 6.26. The Kier molecular flexibility index (Phi) is 6.59. The molecule has 0 saturated carbocycles. The van der Waals surface area contributed by atoms with Crippen LogP contribution in [0.25, 0.3) is 33.2 Å². The van der Waals surface area contributed by atoms with Crippen molar-refractivity contribution in [1.82, 2.24) is 15.0 Å². The number of pyridine rings is 2. The van der Waals surface area contributed by atoms with Gasteiger partial charge in [-0.1, -0.05) is 24.3 Å². The molecule has 39 heavy (non-hydrogen) atoms. The maximum absolute atomic E-state index is 9.15. The van der Waals surface area contributed by atoms with Gasteiger partial charge in [-0.05, 0) is 49.7 Å². The fourth-order valence-electron chi connectivity index (χ4n) is 5.54. The van der Waals surface area contributed by atoms with Gasteiger partial charge in [-0.3, -0.25) is 4.98 Å². The number of anilines is 2. The molecule has 0 amide bonds. The Morgan fingerprint density at radius 2 is 1.67 bits per heavy atom. The van der Waals surface area contributed by atoms with Crippen molar-refractivity contribution < 1.29 is 4.74 Å². The van der Waals surface area contributed by atoms with E-state index in [-0.39, 0.29) is 0 Å². The lowest BCUT2D eigenvalue weighted by Crippen LogP contribution is -2.57. The van der Waals surface area contributed by atoms with Crippen LogP contribution in [0.15, 0.2) is 78.6 Å². The number of thiazole rings is 1. The van der Waals surface area contributed by atoms with Gasteiger partial charge in [0, 0.05) is 71.2 Å². The van der Waals surface area contributed by atoms with Gasteiger partial charge in [-0.15, -0.1) is 11.3 Å². The van der Waals surface area contributed by atoms with Gasteiger partial charge in [-0.25, -0.2) is 9.97 Å². The van der Waals surface area contributed by atoms with Crippen molar-refractivity contribution in [2.45, 2.75) is 25.9 Å². The second-order valence-corrected chi connectivity index (χ2v) is 10.7. The fourth-order valence-corrected chi connectivity index (χ4v) is 6.39. The van der Waals surface area contributed by atoms with Crippen LogP contribution in [0.4, 0.5) is 10.9 Å². The molecule has 4 heterocycles. The number of fused-ring (bicyclic) bond motifs is 1. The molecule has 1 saturated heterocycles. The van der Waals surface area contributed by atoms with E-state index in [1.165, 1.54) is 0 Å². The first-order valence-corrected chi connectivity index (χ1v) is 13.8. The smallest absolute Gasteiger partial charge is 0.185 e. The summed E-state index contributed by atoms with van der Waals surface area (Å²) in [5.74, 6) is 1.73. The van der Waals surface area contributed by atoms with Gasteiger partial charge < -0.3 is 14.5 Å². The van der Waals surface area contributed by atoms with Gasteiger partial charge in [0.05, 0.1) is 24.3 Å². The number of aromatic nitrogens is 3. The maximum Gasteiger partial charge on any atom is 0.185 e. The zero-order chi connectivity index (χ0) is 26.9. The average molecular weight is 533 g/mol. The van der Waals surface area contributed by atoms with Crippen molar-refractivity contribution in [3.05, 3.63) is 84.1 Å². The van der Waals surface area contributed by atoms with Crippen LogP contribution in [0, 0.1) is 11.3 Å². The van der Waals surface area contributed by atoms with Gasteiger partial charge in [0.1, 0.15) is 11.6 Å². The molecule has 5 aromatic rings. The minimum Gasteiger partial charge on any atom is -0.495 e. The van der Waals surface area contributed by atoms with Crippen molar-refractivity contribution in [3.8, 4) is 34.1 Å². The lowest BCUT2D eigenvalue weighted by Gasteiger charge is -2.44. The third kappa shape index (κ3) is 4.55. The first kappa shape index (κ1) is 24.8. The summed E-state index contributed by atoms with van der Waals surface area (Å²) in [4.78, 5) is 19.0. The van der Waals surface area contributed by atoms with Crippen molar-refractivity contribution in [2.24, 2.45) is 0 Å². The summed E-state index contributed by atoms with van der Waals surface area (Å²) in [7, 11) is 1.69. The molecule has 1 fully saturated rings. The Morgan fingerprint density at radius 3 is 2.31 bits per heavy atom. The van der Waals surface area contributed by atoms with E-state index in [4.69, 9.17) is 20.0 Å². The number of piperazine rings is 1. The second kappa shape index (κ2) is 10.4. The van der Waals surface area contributed by atoms with Gasteiger partial charge >= 0.3 is 0 Å². The summed E-state index contributed by atoms with van der Waals surface area (Å²) in [6.07, 6.45) is 5.64. The molecule has 0 N–H and O–H groups in total. The molecule has 1 aliphatic rings. The standard InChI is InChI=1S/C31H28N6OS/c1-20-18-36(19-21(2)37(20)31-33-13-14-39-31)28-12-11-24(16-34-28)27-17-35-29-25(5-4-6-26(29)30(27)38-3)23-9-7-22(15-32)8-10-23/h4-14,16-17,20-21H,18-19H2,1-3H3. The zero-order valence-corrected chi connectivity index (χ0v) is 22.9. The van der Waals surface area contributed by atoms with Crippen molar-refractivity contribution >= 4 is 33.2 Å². The molecule has 2 unspecified atom stereocenters. The van der Waals surface area contributed by atoms with E-state index < -0.39 is 0 Å². The third-order valence-corrected chi connectivity index (χ3v) is 8.10. The van der Waals surface area contributed by atoms with E-state index in [1.807, 2.05) is 66.4 Å².